The Balaban J connectivity index is 2.29. The smallest absolute Gasteiger partial charge is 0.235 e. The van der Waals surface area contributed by atoms with Crippen LogP contribution in [0.4, 0.5) is 0 Å². The standard InChI is InChI=1S/C9H15N3O2/c10-3-4-11-9(14)6-12-5-1-2-8(12)7-13/h8,13H,1-2,4-7H2,(H,11,14)/t8-/m1/s1. The van der Waals surface area contributed by atoms with Crippen molar-refractivity contribution in [2.75, 3.05) is 26.2 Å². The van der Waals surface area contributed by atoms with Gasteiger partial charge in [-0.2, -0.15) is 5.26 Å². The minimum Gasteiger partial charge on any atom is -0.395 e. The summed E-state index contributed by atoms with van der Waals surface area (Å²) >= 11 is 0. The summed E-state index contributed by atoms with van der Waals surface area (Å²) in [5.41, 5.74) is 0. The summed E-state index contributed by atoms with van der Waals surface area (Å²) in [6, 6.07) is 1.96. The zero-order chi connectivity index (χ0) is 10.4. The van der Waals surface area contributed by atoms with E-state index in [-0.39, 0.29) is 31.6 Å². The van der Waals surface area contributed by atoms with Crippen LogP contribution in [0.5, 0.6) is 0 Å². The fraction of sp³-hybridized carbons (Fsp3) is 0.778. The second-order valence-corrected chi connectivity index (χ2v) is 3.38. The maximum Gasteiger partial charge on any atom is 0.235 e. The number of nitriles is 1. The first-order valence-electron chi connectivity index (χ1n) is 4.76. The van der Waals surface area contributed by atoms with Gasteiger partial charge in [0.15, 0.2) is 0 Å². The highest BCUT2D eigenvalue weighted by atomic mass is 16.3. The van der Waals surface area contributed by atoms with Crippen molar-refractivity contribution in [3.8, 4) is 6.07 Å². The molecule has 1 heterocycles. The van der Waals surface area contributed by atoms with Crippen LogP contribution in [0, 0.1) is 11.3 Å². The Bertz CT molecular complexity index is 237. The molecule has 0 radical (unpaired) electrons. The summed E-state index contributed by atoms with van der Waals surface area (Å²) < 4.78 is 0. The van der Waals surface area contributed by atoms with Gasteiger partial charge in [0, 0.05) is 6.04 Å². The average Bonchev–Trinajstić information content (AvgIpc) is 2.62. The van der Waals surface area contributed by atoms with E-state index in [0.29, 0.717) is 0 Å². The highest BCUT2D eigenvalue weighted by Crippen LogP contribution is 2.15. The molecule has 1 fully saturated rings. The zero-order valence-electron chi connectivity index (χ0n) is 8.07. The molecular weight excluding hydrogens is 182 g/mol. The van der Waals surface area contributed by atoms with E-state index in [1.54, 1.807) is 0 Å². The van der Waals surface area contributed by atoms with E-state index in [4.69, 9.17) is 10.4 Å². The van der Waals surface area contributed by atoms with Crippen LogP contribution < -0.4 is 5.32 Å². The van der Waals surface area contributed by atoms with Crippen molar-refractivity contribution in [1.82, 2.24) is 10.2 Å². The Hall–Kier alpha value is -1.12. The number of carbonyl (C=O) groups excluding carboxylic acids is 1. The van der Waals surface area contributed by atoms with Gasteiger partial charge in [0.25, 0.3) is 0 Å². The summed E-state index contributed by atoms with van der Waals surface area (Å²) in [6.45, 7) is 1.29. The van der Waals surface area contributed by atoms with Gasteiger partial charge in [-0.1, -0.05) is 0 Å². The van der Waals surface area contributed by atoms with Gasteiger partial charge in [-0.15, -0.1) is 0 Å². The Labute approximate surface area is 83.3 Å². The predicted molar refractivity (Wildman–Crippen MR) is 50.3 cm³/mol. The van der Waals surface area contributed by atoms with Crippen LogP contribution in [-0.4, -0.2) is 48.2 Å². The molecule has 0 aliphatic carbocycles. The summed E-state index contributed by atoms with van der Waals surface area (Å²) in [5, 5.41) is 19.7. The van der Waals surface area contributed by atoms with Gasteiger partial charge in [0.05, 0.1) is 19.2 Å². The molecule has 0 aromatic rings. The maximum atomic E-state index is 11.2. The number of carbonyl (C=O) groups is 1. The van der Waals surface area contributed by atoms with Crippen LogP contribution in [0.25, 0.3) is 0 Å². The van der Waals surface area contributed by atoms with Gasteiger partial charge < -0.3 is 10.4 Å². The van der Waals surface area contributed by atoms with E-state index in [0.717, 1.165) is 19.4 Å². The molecule has 1 aliphatic rings. The lowest BCUT2D eigenvalue weighted by Gasteiger charge is -2.21. The molecule has 1 aliphatic heterocycles. The number of nitrogens with one attached hydrogen (secondary N) is 1. The van der Waals surface area contributed by atoms with Crippen molar-refractivity contribution in [2.45, 2.75) is 18.9 Å². The molecule has 0 unspecified atom stereocenters. The number of hydrogen-bond acceptors (Lipinski definition) is 4. The second kappa shape index (κ2) is 5.58. The molecule has 0 spiro atoms. The number of nitrogens with zero attached hydrogens (tertiary/aromatic N) is 2. The summed E-state index contributed by atoms with van der Waals surface area (Å²) in [4.78, 5) is 13.2. The lowest BCUT2D eigenvalue weighted by molar-refractivity contribution is -0.122. The number of aliphatic hydroxyl groups is 1. The van der Waals surface area contributed by atoms with E-state index in [1.165, 1.54) is 0 Å². The third-order valence-corrected chi connectivity index (χ3v) is 2.42. The van der Waals surface area contributed by atoms with Crippen LogP contribution in [0.2, 0.25) is 0 Å². The van der Waals surface area contributed by atoms with Crippen molar-refractivity contribution < 1.29 is 9.90 Å². The summed E-state index contributed by atoms with van der Waals surface area (Å²) in [6.07, 6.45) is 1.97. The molecule has 5 heteroatoms. The first-order valence-corrected chi connectivity index (χ1v) is 4.76. The maximum absolute atomic E-state index is 11.2. The fourth-order valence-electron chi connectivity index (χ4n) is 1.69. The molecule has 0 aromatic heterocycles. The van der Waals surface area contributed by atoms with Crippen molar-refractivity contribution >= 4 is 5.91 Å². The Morgan fingerprint density at radius 1 is 1.71 bits per heavy atom. The number of rotatable bonds is 4. The van der Waals surface area contributed by atoms with Crippen LogP contribution in [0.3, 0.4) is 0 Å². The van der Waals surface area contributed by atoms with Gasteiger partial charge >= 0.3 is 0 Å². The molecule has 2 N–H and O–H groups in total. The molecule has 1 saturated heterocycles. The molecule has 1 atom stereocenters. The monoisotopic (exact) mass is 197 g/mol. The van der Waals surface area contributed by atoms with E-state index in [1.807, 2.05) is 11.0 Å². The molecule has 1 rings (SSSR count). The molecule has 1 amide bonds. The number of amides is 1. The Kier molecular flexibility index (Phi) is 4.36. The largest absolute Gasteiger partial charge is 0.395 e. The third-order valence-electron chi connectivity index (χ3n) is 2.42. The molecular formula is C9H15N3O2. The van der Waals surface area contributed by atoms with Crippen molar-refractivity contribution in [3.05, 3.63) is 0 Å². The zero-order valence-corrected chi connectivity index (χ0v) is 8.07. The van der Waals surface area contributed by atoms with Gasteiger partial charge in [-0.05, 0) is 19.4 Å². The minimum atomic E-state index is -0.146. The van der Waals surface area contributed by atoms with Gasteiger partial charge in [-0.25, -0.2) is 0 Å². The van der Waals surface area contributed by atoms with Crippen molar-refractivity contribution in [1.29, 1.82) is 5.26 Å². The average molecular weight is 197 g/mol. The highest BCUT2D eigenvalue weighted by Gasteiger charge is 2.24. The van der Waals surface area contributed by atoms with Crippen LogP contribution in [0.15, 0.2) is 0 Å². The molecule has 0 bridgehead atoms. The summed E-state index contributed by atoms with van der Waals surface area (Å²) in [7, 11) is 0. The van der Waals surface area contributed by atoms with E-state index >= 15 is 0 Å². The molecule has 78 valence electrons. The molecule has 14 heavy (non-hydrogen) atoms. The Morgan fingerprint density at radius 3 is 3.14 bits per heavy atom. The first-order chi connectivity index (χ1) is 6.77. The van der Waals surface area contributed by atoms with Crippen LogP contribution in [0.1, 0.15) is 12.8 Å². The SMILES string of the molecule is N#CCNC(=O)CN1CCC[C@@H]1CO. The van der Waals surface area contributed by atoms with E-state index < -0.39 is 0 Å². The van der Waals surface area contributed by atoms with E-state index in [9.17, 15) is 4.79 Å². The third kappa shape index (κ3) is 2.98. The van der Waals surface area contributed by atoms with Crippen molar-refractivity contribution in [2.24, 2.45) is 0 Å². The Morgan fingerprint density at radius 2 is 2.50 bits per heavy atom. The molecule has 5 nitrogen and oxygen atoms in total. The first kappa shape index (κ1) is 11.0. The number of likely N-dealkylation sites (tertiary alicyclic amines) is 1. The fourth-order valence-corrected chi connectivity index (χ4v) is 1.69. The quantitative estimate of drug-likeness (QED) is 0.572. The van der Waals surface area contributed by atoms with Crippen LogP contribution in [-0.2, 0) is 4.79 Å². The lowest BCUT2D eigenvalue weighted by atomic mass is 10.2. The van der Waals surface area contributed by atoms with Gasteiger partial charge in [-0.3, -0.25) is 9.69 Å². The lowest BCUT2D eigenvalue weighted by Crippen LogP contribution is -2.41. The second-order valence-electron chi connectivity index (χ2n) is 3.38. The molecule has 0 saturated carbocycles. The predicted octanol–water partition coefficient (Wildman–Crippen LogP) is -0.917. The summed E-state index contributed by atoms with van der Waals surface area (Å²) in [5.74, 6) is -0.146. The molecule has 0 aromatic carbocycles. The van der Waals surface area contributed by atoms with Crippen molar-refractivity contribution in [3.63, 3.8) is 0 Å². The van der Waals surface area contributed by atoms with E-state index in [2.05, 4.69) is 5.32 Å². The number of hydrogen-bond donors (Lipinski definition) is 2. The normalized spacial score (nSPS) is 21.9. The topological polar surface area (TPSA) is 76.4 Å². The van der Waals surface area contributed by atoms with Crippen LogP contribution >= 0.6 is 0 Å². The van der Waals surface area contributed by atoms with Gasteiger partial charge in [0.2, 0.25) is 5.91 Å². The number of aliphatic hydroxyl groups excluding tert-OH is 1. The highest BCUT2D eigenvalue weighted by molar-refractivity contribution is 5.78. The minimum absolute atomic E-state index is 0.0520. The van der Waals surface area contributed by atoms with Gasteiger partial charge in [0.1, 0.15) is 6.54 Å².